The van der Waals surface area contributed by atoms with Gasteiger partial charge in [-0.15, -0.1) is 0 Å². The smallest absolute Gasteiger partial charge is 0.486 e. The third-order valence-electron chi connectivity index (χ3n) is 11.2. The van der Waals surface area contributed by atoms with Gasteiger partial charge in [0, 0.05) is 0 Å². The molecule has 326 valence electrons. The Kier molecular flexibility index (Phi) is 50.6. The van der Waals surface area contributed by atoms with Gasteiger partial charge in [-0.05, 0) is 123 Å². The van der Waals surface area contributed by atoms with E-state index in [1.807, 2.05) is 86.6 Å². The number of para-hydroxylation sites is 2. The molecule has 1 heterocycles. The van der Waals surface area contributed by atoms with Gasteiger partial charge in [-0.3, -0.25) is 0 Å². The van der Waals surface area contributed by atoms with Crippen LogP contribution in [0.5, 0.6) is 11.5 Å². The molecular formula is C51H100O2UW. The van der Waals surface area contributed by atoms with Gasteiger partial charge in [0.25, 0.3) is 0 Å². The molecule has 6 saturated carbocycles. The standard InChI is InChI=1S/C11H14O2.C10H16.C10H18.C7H14.C3H7.4C2H6.CH4.CH3.U.W/c1-8(2)11-7-12-9-5-3-4-6-10(9)13-11;1-7-2-9-4-8(1)5-10(3-7)6-9;1-7(2)10-6-8-3-4-9(10)5-8;1-5-7(4)6(2)3;1-3-2;4*1-2;;;;/h3-6,8,11H,7H2,1-2H3;7-10H,1-6H2;7-10H,3-6H2,1-2H3;6-7H,1,4-5H2,2-3H3;1,3H2,2H3;4*1-2H3;1H4;1H3;;/q;;;-2;-1;;;;;;-1;2*+2. The third-order valence-corrected chi connectivity index (χ3v) is 11.2. The van der Waals surface area contributed by atoms with Crippen molar-refractivity contribution in [3.05, 3.63) is 52.5 Å². The molecular weight excluding hydrogens is 1070 g/mol. The Bertz CT molecular complexity index is 846. The molecule has 0 saturated heterocycles. The number of rotatable bonds is 4. The molecule has 1 aromatic rings. The zero-order valence-electron chi connectivity index (χ0n) is 39.3. The van der Waals surface area contributed by atoms with Crippen molar-refractivity contribution in [1.82, 2.24) is 0 Å². The zero-order chi connectivity index (χ0) is 39.5. The third kappa shape index (κ3) is 26.4. The van der Waals surface area contributed by atoms with E-state index in [0.717, 1.165) is 48.0 Å². The summed E-state index contributed by atoms with van der Waals surface area (Å²) >= 11 is 0. The van der Waals surface area contributed by atoms with Gasteiger partial charge in [-0.1, -0.05) is 136 Å². The molecule has 7 aliphatic rings. The van der Waals surface area contributed by atoms with Crippen LogP contribution in [-0.4, -0.2) is 12.7 Å². The summed E-state index contributed by atoms with van der Waals surface area (Å²) in [5.41, 5.74) is 0. The van der Waals surface area contributed by atoms with E-state index >= 15 is 0 Å². The summed E-state index contributed by atoms with van der Waals surface area (Å²) < 4.78 is 11.3. The molecule has 1 aliphatic heterocycles. The van der Waals surface area contributed by atoms with Crippen LogP contribution in [0.3, 0.4) is 0 Å². The first-order chi connectivity index (χ1) is 24.5. The maximum atomic E-state index is 5.77. The number of fused-ring (bicyclic) bond motifs is 3. The first kappa shape index (κ1) is 67.3. The van der Waals surface area contributed by atoms with Gasteiger partial charge in [0.1, 0.15) is 12.7 Å². The van der Waals surface area contributed by atoms with Crippen LogP contribution in [0, 0.1) is 124 Å². The van der Waals surface area contributed by atoms with E-state index in [1.165, 1.54) is 23.7 Å². The Hall–Kier alpha value is 0.560. The summed E-state index contributed by atoms with van der Waals surface area (Å²) in [5, 5.41) is 0. The monoisotopic (exact) mass is 1170 g/mol. The van der Waals surface area contributed by atoms with Crippen LogP contribution in [0.1, 0.15) is 188 Å². The van der Waals surface area contributed by atoms with Crippen LogP contribution < -0.4 is 9.47 Å². The Labute approximate surface area is 388 Å². The summed E-state index contributed by atoms with van der Waals surface area (Å²) in [7, 11) is 0. The minimum Gasteiger partial charge on any atom is -0.486 e. The SMILES string of the molecule is C.C1C2CC3CC1CC(C2)C3.CC.CC.CC.CC.CC(C)C1CC2CCC1C2.CC(C)C1COc2ccccc2O1.[CH2-]CC.[CH2-]CC([CH2-])C(C)C.[CH3-].[U+2].[W+2]. The van der Waals surface area contributed by atoms with Gasteiger partial charge in [-0.2, -0.15) is 12.3 Å². The van der Waals surface area contributed by atoms with E-state index in [-0.39, 0.29) is 73.1 Å². The molecule has 1 aromatic carbocycles. The molecule has 6 aliphatic carbocycles. The van der Waals surface area contributed by atoms with E-state index in [9.17, 15) is 0 Å². The van der Waals surface area contributed by atoms with Gasteiger partial charge in [0.05, 0.1) is 0 Å². The molecule has 2 nitrogen and oxygen atoms in total. The molecule has 0 spiro atoms. The average molecular weight is 1170 g/mol. The molecule has 0 amide bonds. The van der Waals surface area contributed by atoms with E-state index in [4.69, 9.17) is 9.47 Å². The maximum Gasteiger partial charge on any atom is 2.00 e. The number of hydrogen-bond acceptors (Lipinski definition) is 2. The fraction of sp³-hybridized carbons (Fsp3) is 0.804. The molecule has 5 unspecified atom stereocenters. The second-order valence-corrected chi connectivity index (χ2v) is 15.9. The Morgan fingerprint density at radius 2 is 1.04 bits per heavy atom. The molecule has 6 bridgehead atoms. The van der Waals surface area contributed by atoms with Crippen molar-refractivity contribution in [3.63, 3.8) is 0 Å². The number of hydrogen-bond donors (Lipinski definition) is 0. The molecule has 6 fully saturated rings. The van der Waals surface area contributed by atoms with Crippen LogP contribution in [0.25, 0.3) is 0 Å². The molecule has 0 aromatic heterocycles. The Morgan fingerprint density at radius 3 is 1.29 bits per heavy atom. The summed E-state index contributed by atoms with van der Waals surface area (Å²) in [6.07, 6.45) is 18.0. The Morgan fingerprint density at radius 1 is 0.636 bits per heavy atom. The minimum atomic E-state index is 0. The fourth-order valence-corrected chi connectivity index (χ4v) is 8.79. The van der Waals surface area contributed by atoms with Gasteiger partial charge in [0.15, 0.2) is 11.5 Å². The molecule has 0 N–H and O–H groups in total. The Balaban J connectivity index is -0.000000133. The molecule has 8 rings (SSSR count). The van der Waals surface area contributed by atoms with Gasteiger partial charge in [0.2, 0.25) is 0 Å². The molecule has 55 heavy (non-hydrogen) atoms. The fourth-order valence-electron chi connectivity index (χ4n) is 8.79. The maximum absolute atomic E-state index is 5.77. The van der Waals surface area contributed by atoms with E-state index < -0.39 is 0 Å². The topological polar surface area (TPSA) is 18.5 Å². The quantitative estimate of drug-likeness (QED) is 0.280. The second-order valence-electron chi connectivity index (χ2n) is 15.9. The van der Waals surface area contributed by atoms with E-state index in [2.05, 4.69) is 62.3 Å². The van der Waals surface area contributed by atoms with Crippen LogP contribution in [-0.2, 0) is 21.1 Å². The largest absolute Gasteiger partial charge is 2.00 e. The van der Waals surface area contributed by atoms with Crippen molar-refractivity contribution in [1.29, 1.82) is 0 Å². The minimum absolute atomic E-state index is 0. The van der Waals surface area contributed by atoms with Crippen molar-refractivity contribution >= 4 is 0 Å². The summed E-state index contributed by atoms with van der Waals surface area (Å²) in [5.74, 6) is 12.5. The molecule has 5 atom stereocenters. The zero-order valence-corrected chi connectivity index (χ0v) is 46.4. The number of benzene rings is 1. The summed E-state index contributed by atoms with van der Waals surface area (Å²) in [6.45, 7) is 43.2. The van der Waals surface area contributed by atoms with Crippen molar-refractivity contribution in [2.24, 2.45) is 65.1 Å². The van der Waals surface area contributed by atoms with Crippen LogP contribution >= 0.6 is 0 Å². The van der Waals surface area contributed by atoms with Crippen LogP contribution in [0.15, 0.2) is 24.3 Å². The predicted molar refractivity (Wildman–Crippen MR) is 244 cm³/mol. The normalized spacial score (nSPS) is 26.2. The summed E-state index contributed by atoms with van der Waals surface area (Å²) in [4.78, 5) is 0. The number of ether oxygens (including phenoxy) is 2. The van der Waals surface area contributed by atoms with E-state index in [0.29, 0.717) is 24.4 Å². The van der Waals surface area contributed by atoms with Crippen LogP contribution in [0.2, 0.25) is 0 Å². The second kappa shape index (κ2) is 41.3. The van der Waals surface area contributed by atoms with Gasteiger partial charge in [-0.25, -0.2) is 6.42 Å². The predicted octanol–water partition coefficient (Wildman–Crippen LogP) is 17.1. The molecule has 0 radical (unpaired) electrons. The average Bonchev–Trinajstić information content (AvgIpc) is 3.80. The van der Waals surface area contributed by atoms with E-state index in [1.54, 1.807) is 64.2 Å². The van der Waals surface area contributed by atoms with Gasteiger partial charge >= 0.3 is 52.2 Å². The van der Waals surface area contributed by atoms with Crippen molar-refractivity contribution in [3.8, 4) is 11.5 Å². The van der Waals surface area contributed by atoms with Crippen molar-refractivity contribution < 1.29 is 61.7 Å². The van der Waals surface area contributed by atoms with Crippen molar-refractivity contribution in [2.45, 2.75) is 194 Å². The first-order valence-electron chi connectivity index (χ1n) is 22.3. The van der Waals surface area contributed by atoms with Gasteiger partial charge < -0.3 is 37.7 Å². The van der Waals surface area contributed by atoms with Crippen molar-refractivity contribution in [2.75, 3.05) is 6.61 Å². The first-order valence-corrected chi connectivity index (χ1v) is 22.3. The molecule has 4 heteroatoms. The van der Waals surface area contributed by atoms with Crippen LogP contribution in [0.4, 0.5) is 0 Å². The summed E-state index contributed by atoms with van der Waals surface area (Å²) in [6, 6.07) is 7.80.